The topological polar surface area (TPSA) is 12.9 Å². The number of fused-ring (bicyclic) bond motifs is 2. The van der Waals surface area contributed by atoms with Gasteiger partial charge in [0, 0.05) is 0 Å². The van der Waals surface area contributed by atoms with Crippen LogP contribution in [-0.4, -0.2) is 11.8 Å². The van der Waals surface area contributed by atoms with E-state index in [1.54, 1.807) is 3.57 Å². The fraction of sp³-hybridized carbons (Fsp3) is 0.750. The van der Waals surface area contributed by atoms with E-state index in [0.29, 0.717) is 12.3 Å². The van der Waals surface area contributed by atoms with Gasteiger partial charge in [-0.15, -0.1) is 0 Å². The van der Waals surface area contributed by atoms with Crippen LogP contribution in [0.3, 0.4) is 0 Å². The van der Waals surface area contributed by atoms with Crippen LogP contribution in [-0.2, 0) is 0 Å². The Morgan fingerprint density at radius 2 is 1.62 bits per heavy atom. The number of alkyl halides is 2. The monoisotopic (exact) mass is 677 g/mol. The Morgan fingerprint density at radius 3 is 2.50 bits per heavy atom. The third kappa shape index (κ3) is 6.03. The summed E-state index contributed by atoms with van der Waals surface area (Å²) in [7, 11) is 0. The molecule has 3 saturated carbocycles. The van der Waals surface area contributed by atoms with Gasteiger partial charge < -0.3 is 0 Å². The molecule has 32 heavy (non-hydrogen) atoms. The molecule has 2 aromatic rings. The zero-order chi connectivity index (χ0) is 22.4. The van der Waals surface area contributed by atoms with Crippen molar-refractivity contribution in [1.29, 1.82) is 0 Å². The second-order valence-corrected chi connectivity index (χ2v) is 22.5. The van der Waals surface area contributed by atoms with Crippen molar-refractivity contribution in [2.75, 3.05) is 0 Å². The standard InChI is InChI=1S/C28H41I2NS/c1-26(2)12-7-8-13-27(3,16-15-26)29-22-10-11-23-24(18-22)32-25(31-23)30-28(4)14-6-5-9-20-17-21(20)19-28/h10-11,18,20-21H,5-9,12-17,19H2,1-4H3/q-2. The van der Waals surface area contributed by atoms with Crippen LogP contribution in [0.5, 0.6) is 0 Å². The normalized spacial score (nSPS) is 35.6. The fourth-order valence-electron chi connectivity index (χ4n) is 6.02. The minimum atomic E-state index is 0.00464. The van der Waals surface area contributed by atoms with Crippen molar-refractivity contribution in [2.24, 2.45) is 17.3 Å². The van der Waals surface area contributed by atoms with Gasteiger partial charge in [0.15, 0.2) is 0 Å². The molecule has 0 spiro atoms. The van der Waals surface area contributed by atoms with Gasteiger partial charge in [0.1, 0.15) is 0 Å². The Hall–Kier alpha value is 0.570. The molecule has 5 rings (SSSR count). The summed E-state index contributed by atoms with van der Waals surface area (Å²) in [5, 5.41) is 0. The van der Waals surface area contributed by atoms with Crippen LogP contribution in [0, 0.1) is 23.8 Å². The van der Waals surface area contributed by atoms with Crippen LogP contribution in [0.25, 0.3) is 10.2 Å². The predicted octanol–water partition coefficient (Wildman–Crippen LogP) is 2.31. The minimum absolute atomic E-state index is 0.00464. The third-order valence-corrected chi connectivity index (χ3v) is 17.0. The molecular formula is C28H41I2NS-2. The van der Waals surface area contributed by atoms with Gasteiger partial charge in [-0.25, -0.2) is 0 Å². The molecule has 0 bridgehead atoms. The first-order valence-corrected chi connectivity index (χ1v) is 18.1. The van der Waals surface area contributed by atoms with Gasteiger partial charge >= 0.3 is 223 Å². The van der Waals surface area contributed by atoms with E-state index in [4.69, 9.17) is 4.98 Å². The Labute approximate surface area is 220 Å². The van der Waals surface area contributed by atoms with Crippen molar-refractivity contribution in [2.45, 2.75) is 112 Å². The van der Waals surface area contributed by atoms with Crippen molar-refractivity contribution in [3.8, 4) is 0 Å². The number of hydrogen-bond acceptors (Lipinski definition) is 2. The summed E-state index contributed by atoms with van der Waals surface area (Å²) in [6, 6.07) is 7.36. The number of rotatable bonds is 4. The van der Waals surface area contributed by atoms with Crippen molar-refractivity contribution in [3.05, 3.63) is 24.8 Å². The molecule has 1 nitrogen and oxygen atoms in total. The van der Waals surface area contributed by atoms with Crippen LogP contribution >= 0.6 is 11.3 Å². The van der Waals surface area contributed by atoms with Gasteiger partial charge in [-0.3, -0.25) is 0 Å². The summed E-state index contributed by atoms with van der Waals surface area (Å²) >= 11 is 2.10. The van der Waals surface area contributed by atoms with Gasteiger partial charge in [-0.2, -0.15) is 0 Å². The van der Waals surface area contributed by atoms with E-state index in [0.717, 1.165) is 11.8 Å². The van der Waals surface area contributed by atoms with E-state index in [9.17, 15) is 0 Å². The van der Waals surface area contributed by atoms with Crippen LogP contribution in [0.1, 0.15) is 105 Å². The SMILES string of the molecule is CC1(C)CCCCC(C)([I-]c2ccc3nc([I-]C4(C)CCCCC5CC5C4)sc3c2)CC1. The molecule has 3 aliphatic carbocycles. The van der Waals surface area contributed by atoms with Crippen LogP contribution < -0.4 is 42.4 Å². The molecule has 0 saturated heterocycles. The van der Waals surface area contributed by atoms with Crippen molar-refractivity contribution < 1.29 is 42.4 Å². The first-order chi connectivity index (χ1) is 15.2. The molecule has 0 N–H and O–H groups in total. The van der Waals surface area contributed by atoms with E-state index < -0.39 is 0 Å². The predicted molar refractivity (Wildman–Crippen MR) is 130 cm³/mol. The Kier molecular flexibility index (Phi) is 7.25. The summed E-state index contributed by atoms with van der Waals surface area (Å²) in [5.74, 6) is 2.14. The van der Waals surface area contributed by atoms with Crippen LogP contribution in [0.15, 0.2) is 18.2 Å². The number of hydrogen-bond donors (Lipinski definition) is 0. The van der Waals surface area contributed by atoms with Crippen LogP contribution in [0.4, 0.5) is 0 Å². The first-order valence-electron chi connectivity index (χ1n) is 12.9. The van der Waals surface area contributed by atoms with E-state index in [2.05, 4.69) is 57.2 Å². The molecule has 1 aromatic heterocycles. The van der Waals surface area contributed by atoms with Gasteiger partial charge in [-0.1, -0.05) is 0 Å². The molecular weight excluding hydrogens is 636 g/mol. The molecule has 1 aromatic carbocycles. The fourth-order valence-corrected chi connectivity index (χ4v) is 15.7. The quantitative estimate of drug-likeness (QED) is 0.358. The Morgan fingerprint density at radius 1 is 0.844 bits per heavy atom. The molecule has 4 unspecified atom stereocenters. The first kappa shape index (κ1) is 24.3. The number of nitrogens with zero attached hydrogens (tertiary/aromatic N) is 1. The molecule has 0 aliphatic heterocycles. The van der Waals surface area contributed by atoms with Gasteiger partial charge in [0.2, 0.25) is 0 Å². The third-order valence-electron chi connectivity index (χ3n) is 8.38. The molecule has 4 atom stereocenters. The maximum atomic E-state index is 5.18. The number of benzene rings is 1. The van der Waals surface area contributed by atoms with Crippen molar-refractivity contribution in [3.63, 3.8) is 0 Å². The zero-order valence-corrected chi connectivity index (χ0v) is 25.6. The van der Waals surface area contributed by atoms with Gasteiger partial charge in [0.05, 0.1) is 0 Å². The Balaban J connectivity index is 1.29. The average Bonchev–Trinajstić information content (AvgIpc) is 3.29. The molecule has 4 heteroatoms. The van der Waals surface area contributed by atoms with E-state index in [1.807, 2.05) is 0 Å². The number of aromatic nitrogens is 1. The molecule has 1 heterocycles. The van der Waals surface area contributed by atoms with Crippen LogP contribution in [0.2, 0.25) is 0 Å². The second kappa shape index (κ2) is 9.55. The summed E-state index contributed by atoms with van der Waals surface area (Å²) in [6.45, 7) is 10.2. The summed E-state index contributed by atoms with van der Waals surface area (Å²) in [4.78, 5) is 5.18. The van der Waals surface area contributed by atoms with E-state index >= 15 is 0 Å². The molecule has 3 aliphatic rings. The number of halogens is 2. The van der Waals surface area contributed by atoms with Gasteiger partial charge in [0.25, 0.3) is 0 Å². The van der Waals surface area contributed by atoms with Gasteiger partial charge in [-0.05, 0) is 0 Å². The van der Waals surface area contributed by atoms with Crippen molar-refractivity contribution >= 4 is 21.6 Å². The van der Waals surface area contributed by atoms with Crippen molar-refractivity contribution in [1.82, 2.24) is 4.98 Å². The summed E-state index contributed by atoms with van der Waals surface area (Å²) < 4.78 is 5.79. The Bertz CT molecular complexity index is 952. The molecule has 180 valence electrons. The zero-order valence-electron chi connectivity index (χ0n) is 20.5. The van der Waals surface area contributed by atoms with E-state index in [-0.39, 0.29) is 42.4 Å². The second-order valence-electron chi connectivity index (χ2n) is 12.2. The summed E-state index contributed by atoms with van der Waals surface area (Å²) in [6.07, 6.45) is 17.4. The van der Waals surface area contributed by atoms with E-state index in [1.165, 1.54) is 90.3 Å². The molecule has 0 amide bonds. The molecule has 3 fully saturated rings. The maximum absolute atomic E-state index is 5.18. The average molecular weight is 678 g/mol. The molecule has 0 radical (unpaired) electrons. The summed E-state index contributed by atoms with van der Waals surface area (Å²) in [5.41, 5.74) is 1.82. The number of thiazole rings is 1.